The summed E-state index contributed by atoms with van der Waals surface area (Å²) in [6.45, 7) is 0.421. The fourth-order valence-electron chi connectivity index (χ4n) is 1.78. The van der Waals surface area contributed by atoms with Crippen LogP contribution in [0.2, 0.25) is 0 Å². The van der Waals surface area contributed by atoms with Gasteiger partial charge in [0, 0.05) is 11.8 Å². The second kappa shape index (κ2) is 4.54. The quantitative estimate of drug-likeness (QED) is 0.722. The van der Waals surface area contributed by atoms with E-state index in [9.17, 15) is 9.59 Å². The zero-order chi connectivity index (χ0) is 13.4. The van der Waals surface area contributed by atoms with Gasteiger partial charge < -0.3 is 9.47 Å². The van der Waals surface area contributed by atoms with E-state index in [0.29, 0.717) is 23.1 Å². The Balaban J connectivity index is 1.94. The molecular formula is C11H9N3O4S. The molecule has 0 saturated heterocycles. The van der Waals surface area contributed by atoms with Crippen LogP contribution in [-0.2, 0) is 14.3 Å². The van der Waals surface area contributed by atoms with Crippen LogP contribution in [-0.4, -0.2) is 41.5 Å². The molecule has 0 aliphatic carbocycles. The van der Waals surface area contributed by atoms with Gasteiger partial charge in [0.1, 0.15) is 4.91 Å². The van der Waals surface area contributed by atoms with Crippen molar-refractivity contribution in [3.63, 3.8) is 0 Å². The highest BCUT2D eigenvalue weighted by molar-refractivity contribution is 8.04. The third kappa shape index (κ3) is 1.84. The Morgan fingerprint density at radius 2 is 2.16 bits per heavy atom. The highest BCUT2D eigenvalue weighted by Gasteiger charge is 2.43. The Kier molecular flexibility index (Phi) is 2.86. The summed E-state index contributed by atoms with van der Waals surface area (Å²) in [5.74, 6) is 0.329. The van der Waals surface area contributed by atoms with E-state index < -0.39 is 11.8 Å². The number of thioether (sulfide) groups is 1. The van der Waals surface area contributed by atoms with Crippen LogP contribution in [0.5, 0.6) is 5.88 Å². The largest absolute Gasteiger partial charge is 0.486 e. The number of amides is 2. The number of imide groups is 1. The van der Waals surface area contributed by atoms with Crippen molar-refractivity contribution in [3.05, 3.63) is 22.8 Å². The van der Waals surface area contributed by atoms with E-state index in [1.165, 1.54) is 31.0 Å². The van der Waals surface area contributed by atoms with E-state index in [1.807, 2.05) is 0 Å². The summed E-state index contributed by atoms with van der Waals surface area (Å²) in [5.41, 5.74) is 0. The number of anilines is 1. The number of carbonyl (C=O) groups is 2. The van der Waals surface area contributed by atoms with Gasteiger partial charge in [-0.1, -0.05) is 0 Å². The lowest BCUT2D eigenvalue weighted by molar-refractivity contribution is -0.121. The minimum absolute atomic E-state index is 0.110. The van der Waals surface area contributed by atoms with Crippen LogP contribution < -0.4 is 9.64 Å². The standard InChI is InChI=1S/C11H9N3O4S/c1-17-7-3-2-6(12-13-7)14-10(15)8-9(11(14)16)19-5-4-18-8/h2-3H,4-5H2,1H3. The molecule has 19 heavy (non-hydrogen) atoms. The van der Waals surface area contributed by atoms with Crippen molar-refractivity contribution < 1.29 is 19.1 Å². The first-order valence-corrected chi connectivity index (χ1v) is 6.47. The minimum Gasteiger partial charge on any atom is -0.486 e. The van der Waals surface area contributed by atoms with Crippen LogP contribution in [0.1, 0.15) is 0 Å². The minimum atomic E-state index is -0.494. The van der Waals surface area contributed by atoms with Gasteiger partial charge in [-0.3, -0.25) is 9.59 Å². The maximum absolute atomic E-state index is 12.2. The molecule has 3 heterocycles. The topological polar surface area (TPSA) is 81.6 Å². The lowest BCUT2D eigenvalue weighted by atomic mass is 10.4. The molecule has 0 saturated carbocycles. The molecule has 2 aliphatic heterocycles. The molecule has 7 nitrogen and oxygen atoms in total. The zero-order valence-electron chi connectivity index (χ0n) is 9.95. The maximum atomic E-state index is 12.2. The van der Waals surface area contributed by atoms with Gasteiger partial charge in [0.05, 0.1) is 13.7 Å². The highest BCUT2D eigenvalue weighted by Crippen LogP contribution is 2.35. The van der Waals surface area contributed by atoms with Gasteiger partial charge in [0.15, 0.2) is 5.82 Å². The van der Waals surface area contributed by atoms with E-state index in [1.54, 1.807) is 0 Å². The summed E-state index contributed by atoms with van der Waals surface area (Å²) >= 11 is 1.32. The van der Waals surface area contributed by atoms with Crippen molar-refractivity contribution in [1.82, 2.24) is 10.2 Å². The first-order chi connectivity index (χ1) is 9.22. The molecule has 98 valence electrons. The fourth-order valence-corrected chi connectivity index (χ4v) is 2.64. The number of methoxy groups -OCH3 is 1. The molecule has 0 bridgehead atoms. The summed E-state index contributed by atoms with van der Waals surface area (Å²) in [4.78, 5) is 25.6. The van der Waals surface area contributed by atoms with Crippen LogP contribution in [0, 0.1) is 0 Å². The van der Waals surface area contributed by atoms with Crippen LogP contribution in [0.3, 0.4) is 0 Å². The third-order valence-electron chi connectivity index (χ3n) is 2.64. The van der Waals surface area contributed by atoms with Crippen molar-refractivity contribution in [2.24, 2.45) is 0 Å². The van der Waals surface area contributed by atoms with Crippen molar-refractivity contribution in [2.75, 3.05) is 24.4 Å². The molecule has 8 heteroatoms. The number of ether oxygens (including phenoxy) is 2. The van der Waals surface area contributed by atoms with Gasteiger partial charge in [0.25, 0.3) is 5.91 Å². The fraction of sp³-hybridized carbons (Fsp3) is 0.273. The third-order valence-corrected chi connectivity index (χ3v) is 3.66. The Morgan fingerprint density at radius 1 is 1.32 bits per heavy atom. The molecule has 0 spiro atoms. The Labute approximate surface area is 112 Å². The Morgan fingerprint density at radius 3 is 2.79 bits per heavy atom. The molecule has 1 aromatic rings. The van der Waals surface area contributed by atoms with Crippen molar-refractivity contribution in [2.45, 2.75) is 0 Å². The molecule has 0 atom stereocenters. The molecule has 3 rings (SSSR count). The molecule has 0 fully saturated rings. The summed E-state index contributed by atoms with van der Waals surface area (Å²) < 4.78 is 10.1. The average Bonchev–Trinajstić information content (AvgIpc) is 2.72. The first-order valence-electron chi connectivity index (χ1n) is 5.48. The average molecular weight is 279 g/mol. The number of hydrogen-bond donors (Lipinski definition) is 0. The predicted molar refractivity (Wildman–Crippen MR) is 66.5 cm³/mol. The molecule has 2 amide bonds. The summed E-state index contributed by atoms with van der Waals surface area (Å²) in [6.07, 6.45) is 0. The van der Waals surface area contributed by atoms with E-state index in [4.69, 9.17) is 9.47 Å². The van der Waals surface area contributed by atoms with E-state index in [-0.39, 0.29) is 11.6 Å². The summed E-state index contributed by atoms with van der Waals surface area (Å²) in [5, 5.41) is 7.55. The second-order valence-electron chi connectivity index (χ2n) is 3.73. The number of rotatable bonds is 2. The van der Waals surface area contributed by atoms with Gasteiger partial charge >= 0.3 is 5.91 Å². The molecule has 0 radical (unpaired) electrons. The van der Waals surface area contributed by atoms with Gasteiger partial charge in [-0.05, 0) is 6.07 Å². The van der Waals surface area contributed by atoms with E-state index in [0.717, 1.165) is 4.90 Å². The van der Waals surface area contributed by atoms with Gasteiger partial charge in [-0.2, -0.15) is 0 Å². The molecule has 0 N–H and O–H groups in total. The van der Waals surface area contributed by atoms with Crippen molar-refractivity contribution in [3.8, 4) is 5.88 Å². The Bertz CT molecular complexity index is 556. The number of aromatic nitrogens is 2. The van der Waals surface area contributed by atoms with Crippen molar-refractivity contribution >= 4 is 29.4 Å². The summed E-state index contributed by atoms with van der Waals surface area (Å²) in [6, 6.07) is 3.04. The lowest BCUT2D eigenvalue weighted by Gasteiger charge is -2.12. The van der Waals surface area contributed by atoms with Crippen LogP contribution in [0.25, 0.3) is 0 Å². The van der Waals surface area contributed by atoms with E-state index >= 15 is 0 Å². The predicted octanol–water partition coefficient (Wildman–Crippen LogP) is 0.333. The highest BCUT2D eigenvalue weighted by atomic mass is 32.2. The molecule has 0 aromatic carbocycles. The number of nitrogens with zero attached hydrogens (tertiary/aromatic N) is 3. The second-order valence-corrected chi connectivity index (χ2v) is 4.84. The number of carbonyl (C=O) groups excluding carboxylic acids is 2. The van der Waals surface area contributed by atoms with Gasteiger partial charge in [-0.25, -0.2) is 4.90 Å². The zero-order valence-corrected chi connectivity index (χ0v) is 10.8. The van der Waals surface area contributed by atoms with Gasteiger partial charge in [-0.15, -0.1) is 22.0 Å². The molecule has 0 unspecified atom stereocenters. The van der Waals surface area contributed by atoms with Crippen LogP contribution in [0.15, 0.2) is 22.8 Å². The molecule has 1 aromatic heterocycles. The first kappa shape index (κ1) is 12.0. The SMILES string of the molecule is COc1ccc(N2C(=O)C3=C(SCCO3)C2=O)nn1. The van der Waals surface area contributed by atoms with Crippen molar-refractivity contribution in [1.29, 1.82) is 0 Å². The van der Waals surface area contributed by atoms with E-state index in [2.05, 4.69) is 10.2 Å². The van der Waals surface area contributed by atoms with Gasteiger partial charge in [0.2, 0.25) is 11.6 Å². The molecule has 2 aliphatic rings. The maximum Gasteiger partial charge on any atom is 0.303 e. The number of hydrogen-bond acceptors (Lipinski definition) is 7. The monoisotopic (exact) mass is 279 g/mol. The summed E-state index contributed by atoms with van der Waals surface area (Å²) in [7, 11) is 1.46. The Hall–Kier alpha value is -2.09. The van der Waals surface area contributed by atoms with Crippen LogP contribution in [0.4, 0.5) is 5.82 Å². The normalized spacial score (nSPS) is 18.5. The van der Waals surface area contributed by atoms with Crippen LogP contribution >= 0.6 is 11.8 Å². The lowest BCUT2D eigenvalue weighted by Crippen LogP contribution is -2.32. The smallest absolute Gasteiger partial charge is 0.303 e. The molecular weight excluding hydrogens is 270 g/mol.